The van der Waals surface area contributed by atoms with Crippen LogP contribution in [0.1, 0.15) is 19.1 Å². The summed E-state index contributed by atoms with van der Waals surface area (Å²) in [7, 11) is 0. The fraction of sp³-hybridized carbons (Fsp3) is 0.286. The van der Waals surface area contributed by atoms with Crippen molar-refractivity contribution in [2.24, 2.45) is 0 Å². The number of furan rings is 1. The highest BCUT2D eigenvalue weighted by Crippen LogP contribution is 2.02. The molecule has 0 saturated heterocycles. The predicted octanol–water partition coefficient (Wildman–Crippen LogP) is -2.83. The molecule has 1 rings (SSSR count). The summed E-state index contributed by atoms with van der Waals surface area (Å²) < 4.78 is 4.96. The van der Waals surface area contributed by atoms with Gasteiger partial charge in [0.2, 0.25) is 11.8 Å². The Bertz CT molecular complexity index is 607. The molecule has 0 unspecified atom stereocenters. The molecule has 9 nitrogen and oxygen atoms in total. The molecule has 2 amide bonds. The Labute approximate surface area is 131 Å². The van der Waals surface area contributed by atoms with Crippen molar-refractivity contribution in [1.29, 1.82) is 0 Å². The first-order valence-electron chi connectivity index (χ1n) is 6.52. The van der Waals surface area contributed by atoms with E-state index in [-0.39, 0.29) is 0 Å². The van der Waals surface area contributed by atoms with Gasteiger partial charge >= 0.3 is 0 Å². The molecular formula is C14H14N2O7-2. The van der Waals surface area contributed by atoms with Gasteiger partial charge in [0, 0.05) is 18.5 Å². The van der Waals surface area contributed by atoms with Gasteiger partial charge in [-0.1, -0.05) is 0 Å². The summed E-state index contributed by atoms with van der Waals surface area (Å²) in [4.78, 5) is 44.7. The van der Waals surface area contributed by atoms with Gasteiger partial charge in [0.05, 0.1) is 18.3 Å². The number of hydrogen-bond acceptors (Lipinski definition) is 7. The second-order valence-electron chi connectivity index (χ2n) is 4.54. The standard InChI is InChI=1S/C14H16N2O7/c1-8(14(21)22)15-13(20)10(7-12(18)19)16-11(17)5-4-9-3-2-6-23-9/h2-6,8,10H,7H2,1H3,(H,15,20)(H,16,17)(H,18,19)(H,21,22)/p-2/b5-4+/t8-,10-/m0/s1. The Morgan fingerprint density at radius 3 is 2.48 bits per heavy atom. The number of carbonyl (C=O) groups excluding carboxylic acids is 4. The van der Waals surface area contributed by atoms with Crippen molar-refractivity contribution >= 4 is 29.8 Å². The molecule has 124 valence electrons. The molecule has 23 heavy (non-hydrogen) atoms. The molecule has 0 aromatic carbocycles. The molecule has 2 N–H and O–H groups in total. The Balaban J connectivity index is 2.69. The average Bonchev–Trinajstić information content (AvgIpc) is 2.97. The normalized spacial score (nSPS) is 13.3. The van der Waals surface area contributed by atoms with Crippen molar-refractivity contribution in [2.45, 2.75) is 25.4 Å². The molecule has 0 bridgehead atoms. The molecule has 0 aliphatic rings. The number of carboxylic acids is 2. The van der Waals surface area contributed by atoms with Gasteiger partial charge in [0.1, 0.15) is 11.8 Å². The van der Waals surface area contributed by atoms with Gasteiger partial charge in [-0.2, -0.15) is 0 Å². The number of nitrogens with one attached hydrogen (secondary N) is 2. The monoisotopic (exact) mass is 322 g/mol. The average molecular weight is 322 g/mol. The van der Waals surface area contributed by atoms with Crippen molar-refractivity contribution in [2.75, 3.05) is 0 Å². The van der Waals surface area contributed by atoms with Crippen LogP contribution in [0.4, 0.5) is 0 Å². The third kappa shape index (κ3) is 6.46. The van der Waals surface area contributed by atoms with Crippen LogP contribution in [0.15, 0.2) is 28.9 Å². The number of aliphatic carboxylic acids is 2. The molecule has 0 aliphatic carbocycles. The van der Waals surface area contributed by atoms with Crippen molar-refractivity contribution in [3.8, 4) is 0 Å². The van der Waals surface area contributed by atoms with E-state index in [0.29, 0.717) is 5.76 Å². The van der Waals surface area contributed by atoms with E-state index in [4.69, 9.17) is 4.42 Å². The number of carbonyl (C=O) groups is 4. The van der Waals surface area contributed by atoms with Crippen LogP contribution in [0, 0.1) is 0 Å². The van der Waals surface area contributed by atoms with Crippen LogP contribution in [0.3, 0.4) is 0 Å². The van der Waals surface area contributed by atoms with Crippen LogP contribution >= 0.6 is 0 Å². The van der Waals surface area contributed by atoms with Gasteiger partial charge in [-0.25, -0.2) is 0 Å². The van der Waals surface area contributed by atoms with E-state index < -0.39 is 42.3 Å². The predicted molar refractivity (Wildman–Crippen MR) is 71.9 cm³/mol. The van der Waals surface area contributed by atoms with Gasteiger partial charge in [-0.3, -0.25) is 9.59 Å². The fourth-order valence-corrected chi connectivity index (χ4v) is 1.51. The second kappa shape index (κ2) is 8.37. The van der Waals surface area contributed by atoms with E-state index in [0.717, 1.165) is 13.0 Å². The first kappa shape index (κ1) is 18.0. The molecular weight excluding hydrogens is 308 g/mol. The van der Waals surface area contributed by atoms with E-state index in [1.165, 1.54) is 12.3 Å². The van der Waals surface area contributed by atoms with Crippen LogP contribution in [0.25, 0.3) is 6.08 Å². The highest BCUT2D eigenvalue weighted by Gasteiger charge is 2.21. The lowest BCUT2D eigenvalue weighted by Crippen LogP contribution is -2.54. The van der Waals surface area contributed by atoms with E-state index >= 15 is 0 Å². The smallest absolute Gasteiger partial charge is 0.244 e. The molecule has 0 aliphatic heterocycles. The summed E-state index contributed by atoms with van der Waals surface area (Å²) in [5.74, 6) is -4.49. The zero-order valence-corrected chi connectivity index (χ0v) is 12.1. The van der Waals surface area contributed by atoms with Gasteiger partial charge in [-0.15, -0.1) is 0 Å². The number of rotatable bonds is 8. The van der Waals surface area contributed by atoms with Gasteiger partial charge in [-0.05, 0) is 25.1 Å². The van der Waals surface area contributed by atoms with Crippen molar-refractivity contribution < 1.29 is 33.8 Å². The highest BCUT2D eigenvalue weighted by molar-refractivity contribution is 5.97. The molecule has 1 aromatic heterocycles. The lowest BCUT2D eigenvalue weighted by molar-refractivity contribution is -0.308. The van der Waals surface area contributed by atoms with E-state index in [2.05, 4.69) is 5.32 Å². The minimum absolute atomic E-state index is 0.381. The zero-order valence-electron chi connectivity index (χ0n) is 12.1. The Hall–Kier alpha value is -3.10. The number of amides is 2. The van der Waals surface area contributed by atoms with Crippen molar-refractivity contribution in [3.05, 3.63) is 30.2 Å². The maximum absolute atomic E-state index is 11.8. The van der Waals surface area contributed by atoms with Gasteiger partial charge < -0.3 is 34.9 Å². The first-order valence-corrected chi connectivity index (χ1v) is 6.52. The van der Waals surface area contributed by atoms with E-state index in [1.807, 2.05) is 5.32 Å². The van der Waals surface area contributed by atoms with Gasteiger partial charge in [0.15, 0.2) is 0 Å². The molecule has 0 spiro atoms. The molecule has 0 saturated carbocycles. The molecule has 2 atom stereocenters. The summed E-state index contributed by atoms with van der Waals surface area (Å²) >= 11 is 0. The SMILES string of the molecule is C[C@H](NC(=O)[C@H](CC(=O)[O-])NC(=O)/C=C/c1ccco1)C(=O)[O-]. The molecule has 0 radical (unpaired) electrons. The van der Waals surface area contributed by atoms with Crippen molar-refractivity contribution in [1.82, 2.24) is 10.6 Å². The van der Waals surface area contributed by atoms with Crippen LogP contribution in [-0.2, 0) is 19.2 Å². The summed E-state index contributed by atoms with van der Waals surface area (Å²) in [6.45, 7) is 1.14. The van der Waals surface area contributed by atoms with E-state index in [1.54, 1.807) is 12.1 Å². The second-order valence-corrected chi connectivity index (χ2v) is 4.54. The van der Waals surface area contributed by atoms with Crippen molar-refractivity contribution in [3.63, 3.8) is 0 Å². The topological polar surface area (TPSA) is 152 Å². The third-order valence-electron chi connectivity index (χ3n) is 2.66. The minimum atomic E-state index is -1.58. The van der Waals surface area contributed by atoms with Gasteiger partial charge in [0.25, 0.3) is 0 Å². The third-order valence-corrected chi connectivity index (χ3v) is 2.66. The number of carboxylic acid groups (broad SMARTS) is 2. The first-order chi connectivity index (χ1) is 10.8. The van der Waals surface area contributed by atoms with Crippen LogP contribution in [-0.4, -0.2) is 35.8 Å². The molecule has 9 heteroatoms. The lowest BCUT2D eigenvalue weighted by atomic mass is 10.1. The van der Waals surface area contributed by atoms with Crippen LogP contribution in [0.2, 0.25) is 0 Å². The van der Waals surface area contributed by atoms with E-state index in [9.17, 15) is 29.4 Å². The zero-order chi connectivity index (χ0) is 17.4. The maximum Gasteiger partial charge on any atom is 0.244 e. The summed E-state index contributed by atoms with van der Waals surface area (Å²) in [6, 6.07) is 0.347. The van der Waals surface area contributed by atoms with Crippen LogP contribution in [0.5, 0.6) is 0 Å². The molecule has 0 fully saturated rings. The fourth-order valence-electron chi connectivity index (χ4n) is 1.51. The summed E-state index contributed by atoms with van der Waals surface area (Å²) in [5.41, 5.74) is 0. The number of hydrogen-bond donors (Lipinski definition) is 2. The summed E-state index contributed by atoms with van der Waals surface area (Å²) in [5, 5.41) is 25.4. The highest BCUT2D eigenvalue weighted by atomic mass is 16.4. The summed E-state index contributed by atoms with van der Waals surface area (Å²) in [6.07, 6.45) is 2.93. The Kier molecular flexibility index (Phi) is 6.53. The largest absolute Gasteiger partial charge is 0.550 e. The lowest BCUT2D eigenvalue weighted by Gasteiger charge is -2.21. The Morgan fingerprint density at radius 2 is 1.96 bits per heavy atom. The maximum atomic E-state index is 11.8. The molecule has 1 aromatic rings. The van der Waals surface area contributed by atoms with Crippen LogP contribution < -0.4 is 20.8 Å². The Morgan fingerprint density at radius 1 is 1.26 bits per heavy atom. The minimum Gasteiger partial charge on any atom is -0.550 e. The quantitative estimate of drug-likeness (QED) is 0.489. The molecule has 1 heterocycles.